The van der Waals surface area contributed by atoms with Gasteiger partial charge in [-0.05, 0) is 16.6 Å². The van der Waals surface area contributed by atoms with Crippen LogP contribution < -0.4 is 10.6 Å². The molecule has 0 amide bonds. The first-order chi connectivity index (χ1) is 22.4. The summed E-state index contributed by atoms with van der Waals surface area (Å²) in [6, 6.07) is 7.64. The maximum Gasteiger partial charge on any atom is 0.266 e. The molecule has 2 unspecified atom stereocenters. The van der Waals surface area contributed by atoms with Crippen molar-refractivity contribution in [3.05, 3.63) is 72.8 Å². The molecule has 0 saturated carbocycles. The fourth-order valence-electron chi connectivity index (χ4n) is 6.24. The van der Waals surface area contributed by atoms with Crippen LogP contribution in [0.5, 0.6) is 0 Å². The lowest BCUT2D eigenvalue weighted by molar-refractivity contribution is 0.0984. The van der Waals surface area contributed by atoms with E-state index in [1.54, 1.807) is 30.9 Å². The number of nitrogens with zero attached hydrogens (tertiary/aromatic N) is 8. The normalized spacial score (nSPS) is 18.4. The van der Waals surface area contributed by atoms with Gasteiger partial charge in [-0.1, -0.05) is 23.4 Å². The van der Waals surface area contributed by atoms with Gasteiger partial charge in [0.15, 0.2) is 5.82 Å². The molecule has 2 N–H and O–H groups in total. The van der Waals surface area contributed by atoms with Crippen molar-refractivity contribution in [1.82, 2.24) is 51.1 Å². The van der Waals surface area contributed by atoms with Crippen LogP contribution in [0.25, 0.3) is 67.4 Å². The Bertz CT molecular complexity index is 2130. The number of oxazole rings is 1. The maximum absolute atomic E-state index is 6.30. The van der Waals surface area contributed by atoms with Gasteiger partial charge in [-0.2, -0.15) is 0 Å². The minimum atomic E-state index is -0.552. The van der Waals surface area contributed by atoms with Crippen LogP contribution in [0.2, 0.25) is 0 Å². The maximum atomic E-state index is 6.30. The molecule has 0 aliphatic carbocycles. The topological polar surface area (TPSA) is 185 Å². The predicted octanol–water partition coefficient (Wildman–Crippen LogP) is 3.84. The average Bonchev–Trinajstić information content (AvgIpc) is 3.94. The number of ether oxygens (including phenoxy) is 2. The van der Waals surface area contributed by atoms with Gasteiger partial charge in [-0.15, -0.1) is 10.2 Å². The highest BCUT2D eigenvalue weighted by Gasteiger charge is 2.37. The minimum Gasteiger partial charge on any atom is -0.445 e. The molecule has 15 nitrogen and oxygen atoms in total. The number of pyridine rings is 1. The van der Waals surface area contributed by atoms with E-state index in [0.717, 1.165) is 16.3 Å². The van der Waals surface area contributed by atoms with Crippen molar-refractivity contribution < 1.29 is 22.9 Å². The van der Waals surface area contributed by atoms with Gasteiger partial charge in [0, 0.05) is 58.5 Å². The van der Waals surface area contributed by atoms with Gasteiger partial charge < -0.3 is 18.3 Å². The van der Waals surface area contributed by atoms with E-state index in [1.807, 2.05) is 18.2 Å². The smallest absolute Gasteiger partial charge is 0.266 e. The molecule has 2 atom stereocenters. The predicted molar refractivity (Wildman–Crippen MR) is 156 cm³/mol. The highest BCUT2D eigenvalue weighted by molar-refractivity contribution is 6.21. The van der Waals surface area contributed by atoms with Crippen LogP contribution >= 0.6 is 0 Å². The first-order valence-electron chi connectivity index (χ1n) is 14.2. The van der Waals surface area contributed by atoms with Crippen molar-refractivity contribution in [3.63, 3.8) is 0 Å². The highest BCUT2D eigenvalue weighted by atomic mass is 16.6. The molecule has 2 aliphatic heterocycles. The largest absolute Gasteiger partial charge is 0.445 e. The fraction of sp³-hybridized carbons (Fsp3) is 0.200. The molecule has 2 fully saturated rings. The van der Waals surface area contributed by atoms with E-state index in [9.17, 15) is 0 Å². The Morgan fingerprint density at radius 2 is 1.64 bits per heavy atom. The zero-order valence-corrected chi connectivity index (χ0v) is 23.4. The number of nitrogens with one attached hydrogen (secondary N) is 2. The molecule has 2 aromatic carbocycles. The Morgan fingerprint density at radius 3 is 2.33 bits per heavy atom. The Hall–Kier alpha value is -5.48. The van der Waals surface area contributed by atoms with E-state index >= 15 is 0 Å². The third kappa shape index (κ3) is 4.13. The van der Waals surface area contributed by atoms with Crippen molar-refractivity contribution in [2.45, 2.75) is 12.5 Å². The zero-order valence-electron chi connectivity index (χ0n) is 23.4. The Kier molecular flexibility index (Phi) is 6.12. The van der Waals surface area contributed by atoms with Gasteiger partial charge in [0.25, 0.3) is 5.89 Å². The molecule has 0 spiro atoms. The lowest BCUT2D eigenvalue weighted by atomic mass is 9.85. The van der Waals surface area contributed by atoms with Crippen molar-refractivity contribution in [2.24, 2.45) is 0 Å². The van der Waals surface area contributed by atoms with Crippen LogP contribution in [0.3, 0.4) is 0 Å². The van der Waals surface area contributed by atoms with Crippen molar-refractivity contribution >= 4 is 21.7 Å². The second-order valence-corrected chi connectivity index (χ2v) is 10.3. The molecule has 15 heteroatoms. The van der Waals surface area contributed by atoms with Crippen molar-refractivity contribution in [1.29, 1.82) is 0 Å². The molecule has 7 aromatic rings. The molecule has 2 saturated heterocycles. The van der Waals surface area contributed by atoms with E-state index < -0.39 is 12.5 Å². The van der Waals surface area contributed by atoms with Crippen molar-refractivity contribution in [3.8, 4) is 45.7 Å². The Morgan fingerprint density at radius 1 is 0.800 bits per heavy atom. The summed E-state index contributed by atoms with van der Waals surface area (Å²) in [6.45, 7) is 2.30. The number of aromatic nitrogens is 8. The third-order valence-corrected chi connectivity index (χ3v) is 7.94. The zero-order chi connectivity index (χ0) is 29.7. The summed E-state index contributed by atoms with van der Waals surface area (Å²) in [5.41, 5.74) is 5.08. The lowest BCUT2D eigenvalue weighted by Crippen LogP contribution is -2.21. The van der Waals surface area contributed by atoms with E-state index in [-0.39, 0.29) is 5.89 Å². The molecule has 222 valence electrons. The van der Waals surface area contributed by atoms with E-state index in [0.29, 0.717) is 82.6 Å². The standard InChI is InChI=1S/C30H22N10O5/c1-3-15(17-13-37-45-40-17)18-16(4-1)19-20(26-31-5-2-6-32-26)21(27-33-7-10-41-27)22(28-34-8-11-42-28)23(29-35-9-12-43-29)24(19)38-25(18)30-39-36-14-44-30/h1-6,8,11,13-14,27,29,33,35H,7,9-10,12H2. The van der Waals surface area contributed by atoms with Gasteiger partial charge in [0.2, 0.25) is 12.3 Å². The van der Waals surface area contributed by atoms with E-state index in [1.165, 1.54) is 12.7 Å². The van der Waals surface area contributed by atoms with E-state index in [4.69, 9.17) is 37.9 Å². The fourth-order valence-corrected chi connectivity index (χ4v) is 6.24. The summed E-state index contributed by atoms with van der Waals surface area (Å²) in [6.07, 6.45) is 8.27. The van der Waals surface area contributed by atoms with Crippen LogP contribution in [0.4, 0.5) is 0 Å². The van der Waals surface area contributed by atoms with E-state index in [2.05, 4.69) is 36.1 Å². The summed E-state index contributed by atoms with van der Waals surface area (Å²) in [5.74, 6) is 1.06. The molecular weight excluding hydrogens is 580 g/mol. The molecular formula is C30H22N10O5. The highest BCUT2D eigenvalue weighted by Crippen LogP contribution is 2.50. The second-order valence-electron chi connectivity index (χ2n) is 10.3. The number of hydrogen-bond acceptors (Lipinski definition) is 15. The van der Waals surface area contributed by atoms with Gasteiger partial charge in [-0.3, -0.25) is 10.6 Å². The molecule has 5 aromatic heterocycles. The molecule has 45 heavy (non-hydrogen) atoms. The minimum absolute atomic E-state index is 0.220. The molecule has 0 bridgehead atoms. The first-order valence-corrected chi connectivity index (χ1v) is 14.2. The first kappa shape index (κ1) is 26.0. The Labute approximate surface area is 253 Å². The summed E-state index contributed by atoms with van der Waals surface area (Å²) < 4.78 is 29.3. The summed E-state index contributed by atoms with van der Waals surface area (Å²) >= 11 is 0. The third-order valence-electron chi connectivity index (χ3n) is 7.94. The van der Waals surface area contributed by atoms with Crippen LogP contribution in [0, 0.1) is 0 Å². The summed E-state index contributed by atoms with van der Waals surface area (Å²) in [7, 11) is 0. The van der Waals surface area contributed by atoms with Crippen LogP contribution in [0.15, 0.2) is 75.2 Å². The molecule has 9 rings (SSSR count). The van der Waals surface area contributed by atoms with Gasteiger partial charge in [0.05, 0.1) is 36.7 Å². The number of fused-ring (bicyclic) bond motifs is 3. The number of rotatable bonds is 6. The summed E-state index contributed by atoms with van der Waals surface area (Å²) in [4.78, 5) is 19.4. The summed E-state index contributed by atoms with van der Waals surface area (Å²) in [5, 5.41) is 25.4. The number of benzene rings is 2. The molecule has 2 aliphatic rings. The lowest BCUT2D eigenvalue weighted by Gasteiger charge is -2.26. The van der Waals surface area contributed by atoms with Crippen LogP contribution in [-0.4, -0.2) is 66.7 Å². The van der Waals surface area contributed by atoms with Crippen LogP contribution in [0.1, 0.15) is 23.6 Å². The molecule has 7 heterocycles. The van der Waals surface area contributed by atoms with Crippen LogP contribution in [-0.2, 0) is 9.47 Å². The Balaban J connectivity index is 1.55. The SMILES string of the molecule is c1cnc(-c2c(C3NCCO3)c(-c3ncco3)c(C3NCCO3)c3nc(-c4nnco4)c4c(-c5cnon5)cccc4c23)nc1. The van der Waals surface area contributed by atoms with Gasteiger partial charge in [-0.25, -0.2) is 24.6 Å². The quantitative estimate of drug-likeness (QED) is 0.261. The second kappa shape index (κ2) is 10.6. The number of hydrogen-bond donors (Lipinski definition) is 2. The average molecular weight is 603 g/mol. The van der Waals surface area contributed by atoms with Crippen molar-refractivity contribution in [2.75, 3.05) is 26.3 Å². The van der Waals surface area contributed by atoms with Gasteiger partial charge >= 0.3 is 0 Å². The monoisotopic (exact) mass is 602 g/mol. The molecule has 0 radical (unpaired) electrons. The van der Waals surface area contributed by atoms with Gasteiger partial charge in [0.1, 0.15) is 30.1 Å².